The minimum absolute atomic E-state index is 0.0330. The van der Waals surface area contributed by atoms with E-state index in [1.807, 2.05) is 13.0 Å². The molecule has 1 aromatic rings. The number of carbonyl (C=O) groups is 1. The zero-order valence-corrected chi connectivity index (χ0v) is 13.8. The summed E-state index contributed by atoms with van der Waals surface area (Å²) in [6.07, 6.45) is 0. The van der Waals surface area contributed by atoms with Crippen molar-refractivity contribution in [3.63, 3.8) is 0 Å². The molecule has 7 heteroatoms. The third-order valence-electron chi connectivity index (χ3n) is 3.60. The van der Waals surface area contributed by atoms with Gasteiger partial charge in [0.25, 0.3) is 5.91 Å². The number of hydrogen-bond donors (Lipinski definition) is 1. The molecule has 1 aliphatic heterocycles. The highest BCUT2D eigenvalue weighted by molar-refractivity contribution is 8.01. The minimum Gasteiger partial charge on any atom is -0.398 e. The molecule has 0 bridgehead atoms. The van der Waals surface area contributed by atoms with Gasteiger partial charge in [-0.1, -0.05) is 18.6 Å². The highest BCUT2D eigenvalue weighted by Crippen LogP contribution is 2.25. The maximum Gasteiger partial charge on any atom is 0.257 e. The van der Waals surface area contributed by atoms with Crippen LogP contribution in [0.2, 0.25) is 0 Å². The van der Waals surface area contributed by atoms with Crippen LogP contribution in [-0.2, 0) is 9.84 Å². The van der Waals surface area contributed by atoms with Gasteiger partial charge in [0.15, 0.2) is 9.84 Å². The predicted octanol–water partition coefficient (Wildman–Crippen LogP) is 1.53. The molecule has 2 N–H and O–H groups in total. The van der Waals surface area contributed by atoms with Gasteiger partial charge in [-0.15, -0.1) is 0 Å². The summed E-state index contributed by atoms with van der Waals surface area (Å²) in [7, 11) is -3.30. The average molecular weight is 328 g/mol. The predicted molar refractivity (Wildman–Crippen MR) is 87.2 cm³/mol. The Labute approximate surface area is 129 Å². The number of carbonyl (C=O) groups excluding carboxylic acids is 1. The summed E-state index contributed by atoms with van der Waals surface area (Å²) in [5.74, 6) is 0.907. The van der Waals surface area contributed by atoms with Gasteiger partial charge in [0.1, 0.15) is 5.37 Å². The van der Waals surface area contributed by atoms with E-state index in [2.05, 4.69) is 0 Å². The van der Waals surface area contributed by atoms with E-state index >= 15 is 0 Å². The number of aryl methyl sites for hydroxylation is 1. The van der Waals surface area contributed by atoms with Gasteiger partial charge in [-0.25, -0.2) is 8.42 Å². The van der Waals surface area contributed by atoms with Crippen LogP contribution in [0.4, 0.5) is 5.69 Å². The van der Waals surface area contributed by atoms with Crippen LogP contribution in [0, 0.1) is 6.92 Å². The summed E-state index contributed by atoms with van der Waals surface area (Å²) in [5.41, 5.74) is 7.58. The fourth-order valence-corrected chi connectivity index (χ4v) is 5.28. The lowest BCUT2D eigenvalue weighted by atomic mass is 10.1. The van der Waals surface area contributed by atoms with E-state index in [9.17, 15) is 13.2 Å². The van der Waals surface area contributed by atoms with Crippen molar-refractivity contribution in [2.75, 3.05) is 29.5 Å². The Morgan fingerprint density at radius 1 is 1.48 bits per heavy atom. The normalized spacial score (nSPS) is 19.5. The van der Waals surface area contributed by atoms with Gasteiger partial charge >= 0.3 is 0 Å². The largest absolute Gasteiger partial charge is 0.398 e. The van der Waals surface area contributed by atoms with Crippen LogP contribution >= 0.6 is 11.8 Å². The summed E-state index contributed by atoms with van der Waals surface area (Å²) in [5, 5.41) is -0.756. The van der Waals surface area contributed by atoms with Crippen molar-refractivity contribution in [2.24, 2.45) is 0 Å². The van der Waals surface area contributed by atoms with Crippen LogP contribution in [-0.4, -0.2) is 48.4 Å². The first-order valence-corrected chi connectivity index (χ1v) is 9.70. The van der Waals surface area contributed by atoms with E-state index in [0.29, 0.717) is 23.5 Å². The second kappa shape index (κ2) is 6.27. The van der Waals surface area contributed by atoms with Gasteiger partial charge in [-0.2, -0.15) is 11.8 Å². The minimum atomic E-state index is -3.30. The Kier molecular flexibility index (Phi) is 4.83. The number of anilines is 1. The van der Waals surface area contributed by atoms with Gasteiger partial charge in [0.2, 0.25) is 0 Å². The Balaban J connectivity index is 2.37. The molecule has 1 amide bonds. The summed E-state index contributed by atoms with van der Waals surface area (Å²) < 4.78 is 24.4. The number of nitrogen functional groups attached to an aromatic ring is 1. The van der Waals surface area contributed by atoms with Crippen LogP contribution in [0.3, 0.4) is 0 Å². The Morgan fingerprint density at radius 2 is 2.19 bits per heavy atom. The Morgan fingerprint density at radius 3 is 2.86 bits per heavy atom. The molecule has 1 unspecified atom stereocenters. The molecular formula is C14H20N2O3S2. The maximum atomic E-state index is 12.7. The second-order valence-corrected chi connectivity index (χ2v) is 8.67. The van der Waals surface area contributed by atoms with Gasteiger partial charge < -0.3 is 10.6 Å². The van der Waals surface area contributed by atoms with Crippen LogP contribution in [0.5, 0.6) is 0 Å². The molecule has 1 heterocycles. The maximum absolute atomic E-state index is 12.7. The van der Waals surface area contributed by atoms with Crippen molar-refractivity contribution >= 4 is 33.2 Å². The third-order valence-corrected chi connectivity index (χ3v) is 6.89. The van der Waals surface area contributed by atoms with E-state index in [1.54, 1.807) is 30.8 Å². The van der Waals surface area contributed by atoms with Gasteiger partial charge in [-0.05, 0) is 19.1 Å². The number of sulfone groups is 1. The molecule has 0 spiro atoms. The van der Waals surface area contributed by atoms with Gasteiger partial charge in [0.05, 0.1) is 5.56 Å². The van der Waals surface area contributed by atoms with Gasteiger partial charge in [0, 0.05) is 29.5 Å². The van der Waals surface area contributed by atoms with E-state index < -0.39 is 15.2 Å². The van der Waals surface area contributed by atoms with E-state index in [0.717, 1.165) is 11.3 Å². The van der Waals surface area contributed by atoms with Crippen molar-refractivity contribution in [1.82, 2.24) is 4.90 Å². The third kappa shape index (κ3) is 3.35. The molecule has 21 heavy (non-hydrogen) atoms. The smallest absolute Gasteiger partial charge is 0.257 e. The van der Waals surface area contributed by atoms with Crippen LogP contribution in [0.25, 0.3) is 0 Å². The molecular weight excluding hydrogens is 308 g/mol. The number of nitrogens with zero attached hydrogens (tertiary/aromatic N) is 1. The van der Waals surface area contributed by atoms with Crippen molar-refractivity contribution < 1.29 is 13.2 Å². The summed E-state index contributed by atoms with van der Waals surface area (Å²) in [6, 6.07) is 5.23. The van der Waals surface area contributed by atoms with E-state index in [1.165, 1.54) is 4.90 Å². The first kappa shape index (κ1) is 16.2. The zero-order chi connectivity index (χ0) is 15.6. The number of amides is 1. The molecule has 0 saturated carbocycles. The molecule has 1 atom stereocenters. The molecule has 1 aliphatic rings. The Hall–Kier alpha value is -1.21. The Bertz CT molecular complexity index is 644. The first-order chi connectivity index (χ1) is 9.86. The zero-order valence-electron chi connectivity index (χ0n) is 12.2. The lowest BCUT2D eigenvalue weighted by Crippen LogP contribution is -2.50. The lowest BCUT2D eigenvalue weighted by molar-refractivity contribution is 0.0750. The lowest BCUT2D eigenvalue weighted by Gasteiger charge is -2.35. The van der Waals surface area contributed by atoms with Crippen molar-refractivity contribution in [1.29, 1.82) is 0 Å². The number of thioether (sulfide) groups is 1. The standard InChI is InChI=1S/C14H20N2O3S2/c1-3-21(18,19)13-9-20-7-6-16(13)14(17)11-8-10(2)4-5-12(11)15/h4-5,8,13H,3,6-7,9,15H2,1-2H3. The fraction of sp³-hybridized carbons (Fsp3) is 0.500. The molecule has 2 rings (SSSR count). The van der Waals surface area contributed by atoms with Crippen LogP contribution < -0.4 is 5.73 Å². The fourth-order valence-electron chi connectivity index (χ4n) is 2.31. The van der Waals surface area contributed by atoms with Crippen molar-refractivity contribution in [3.8, 4) is 0 Å². The molecule has 1 aromatic carbocycles. The average Bonchev–Trinajstić information content (AvgIpc) is 2.49. The number of benzene rings is 1. The topological polar surface area (TPSA) is 80.5 Å². The summed E-state index contributed by atoms with van der Waals surface area (Å²) >= 11 is 1.56. The molecule has 1 saturated heterocycles. The molecule has 5 nitrogen and oxygen atoms in total. The number of rotatable bonds is 3. The van der Waals surface area contributed by atoms with Crippen LogP contribution in [0.1, 0.15) is 22.8 Å². The SMILES string of the molecule is CCS(=O)(=O)C1CSCCN1C(=O)c1cc(C)ccc1N. The highest BCUT2D eigenvalue weighted by Gasteiger charge is 2.36. The summed E-state index contributed by atoms with van der Waals surface area (Å²) in [6.45, 7) is 3.92. The summed E-state index contributed by atoms with van der Waals surface area (Å²) in [4.78, 5) is 14.2. The highest BCUT2D eigenvalue weighted by atomic mass is 32.2. The van der Waals surface area contributed by atoms with E-state index in [4.69, 9.17) is 5.73 Å². The van der Waals surface area contributed by atoms with Crippen molar-refractivity contribution in [3.05, 3.63) is 29.3 Å². The first-order valence-electron chi connectivity index (χ1n) is 6.83. The quantitative estimate of drug-likeness (QED) is 0.851. The number of nitrogens with two attached hydrogens (primary N) is 1. The van der Waals surface area contributed by atoms with Gasteiger partial charge in [-0.3, -0.25) is 4.79 Å². The number of hydrogen-bond acceptors (Lipinski definition) is 5. The molecule has 116 valence electrons. The van der Waals surface area contributed by atoms with Crippen LogP contribution in [0.15, 0.2) is 18.2 Å². The van der Waals surface area contributed by atoms with Crippen molar-refractivity contribution in [2.45, 2.75) is 19.2 Å². The molecule has 0 radical (unpaired) electrons. The molecule has 0 aliphatic carbocycles. The monoisotopic (exact) mass is 328 g/mol. The molecule has 0 aromatic heterocycles. The molecule has 1 fully saturated rings. The second-order valence-electron chi connectivity index (χ2n) is 5.07. The van der Waals surface area contributed by atoms with E-state index in [-0.39, 0.29) is 11.7 Å².